The van der Waals surface area contributed by atoms with Gasteiger partial charge in [0.1, 0.15) is 16.4 Å². The van der Waals surface area contributed by atoms with Gasteiger partial charge in [0.2, 0.25) is 6.79 Å². The second-order valence-electron chi connectivity index (χ2n) is 6.04. The zero-order valence-corrected chi connectivity index (χ0v) is 16.9. The number of carbonyl (C=O) groups excluding carboxylic acids is 1. The highest BCUT2D eigenvalue weighted by Gasteiger charge is 2.33. The number of aliphatic hydroxyl groups is 1. The molecule has 0 atom stereocenters. The largest absolute Gasteiger partial charge is 0.506 e. The van der Waals surface area contributed by atoms with Crippen molar-refractivity contribution in [3.63, 3.8) is 0 Å². The number of esters is 1. The van der Waals surface area contributed by atoms with Gasteiger partial charge in [-0.1, -0.05) is 41.6 Å². The minimum atomic E-state index is -0.641. The van der Waals surface area contributed by atoms with Gasteiger partial charge in [0, 0.05) is 0 Å². The number of nitrogens with zero attached hydrogens (tertiary/aromatic N) is 1. The number of para-hydroxylation sites is 1. The Morgan fingerprint density at radius 3 is 2.86 bits per heavy atom. The van der Waals surface area contributed by atoms with Gasteiger partial charge >= 0.3 is 5.97 Å². The van der Waals surface area contributed by atoms with Gasteiger partial charge in [-0.05, 0) is 42.8 Å². The van der Waals surface area contributed by atoms with E-state index in [9.17, 15) is 9.90 Å². The first kappa shape index (κ1) is 19.4. The summed E-state index contributed by atoms with van der Waals surface area (Å²) >= 11 is 7.36. The molecular formula is C21H16ClNO5S. The molecule has 0 aromatic heterocycles. The van der Waals surface area contributed by atoms with Gasteiger partial charge in [0.05, 0.1) is 22.2 Å². The Morgan fingerprint density at radius 1 is 1.28 bits per heavy atom. The molecule has 29 heavy (non-hydrogen) atoms. The molecule has 2 heterocycles. The third-order valence-electron chi connectivity index (χ3n) is 4.14. The van der Waals surface area contributed by atoms with E-state index in [1.165, 1.54) is 11.8 Å². The van der Waals surface area contributed by atoms with Crippen molar-refractivity contribution in [3.8, 4) is 11.5 Å². The van der Waals surface area contributed by atoms with Gasteiger partial charge in [-0.2, -0.15) is 0 Å². The lowest BCUT2D eigenvalue weighted by Crippen LogP contribution is -2.12. The fraction of sp³-hybridized carbons (Fsp3) is 0.143. The summed E-state index contributed by atoms with van der Waals surface area (Å²) in [7, 11) is 0. The maximum Gasteiger partial charge on any atom is 0.344 e. The molecule has 148 valence electrons. The van der Waals surface area contributed by atoms with E-state index in [0.29, 0.717) is 32.2 Å². The van der Waals surface area contributed by atoms with E-state index in [2.05, 4.69) is 4.99 Å². The zero-order chi connectivity index (χ0) is 20.4. The second-order valence-corrected chi connectivity index (χ2v) is 7.47. The fourth-order valence-electron chi connectivity index (χ4n) is 2.80. The Balaban J connectivity index is 1.74. The highest BCUT2D eigenvalue weighted by Crippen LogP contribution is 2.42. The van der Waals surface area contributed by atoms with E-state index in [-0.39, 0.29) is 24.7 Å². The normalized spacial score (nSPS) is 18.0. The van der Waals surface area contributed by atoms with Crippen molar-refractivity contribution in [1.82, 2.24) is 0 Å². The van der Waals surface area contributed by atoms with E-state index in [1.807, 2.05) is 6.07 Å². The number of fused-ring (bicyclic) bond motifs is 1. The number of hydrogen-bond acceptors (Lipinski definition) is 7. The fourth-order valence-corrected chi connectivity index (χ4v) is 4.00. The van der Waals surface area contributed by atoms with Gasteiger partial charge < -0.3 is 19.3 Å². The molecule has 4 rings (SSSR count). The molecule has 2 aliphatic heterocycles. The maximum absolute atomic E-state index is 12.5. The Morgan fingerprint density at radius 2 is 2.07 bits per heavy atom. The molecule has 1 N–H and O–H groups in total. The van der Waals surface area contributed by atoms with Crippen LogP contribution in [0.5, 0.6) is 11.5 Å². The second kappa shape index (κ2) is 8.23. The number of ether oxygens (including phenoxy) is 3. The monoisotopic (exact) mass is 429 g/mol. The third kappa shape index (κ3) is 3.97. The first-order valence-corrected chi connectivity index (χ1v) is 9.99. The van der Waals surface area contributed by atoms with E-state index >= 15 is 0 Å². The summed E-state index contributed by atoms with van der Waals surface area (Å²) < 4.78 is 15.8. The predicted octanol–water partition coefficient (Wildman–Crippen LogP) is 5.26. The standard InChI is InChI=1S/C21H16ClNO5S/c1-2-26-21(25)18-19(24)17(10-12-7-8-15-16(9-12)28-11-27-15)29-20(18)23-14-6-4-3-5-13(14)22/h3-10,24H,2,11H2,1H3. The van der Waals surface area contributed by atoms with Crippen molar-refractivity contribution >= 4 is 46.1 Å². The number of aliphatic hydroxyl groups excluding tert-OH is 1. The average Bonchev–Trinajstić information content (AvgIpc) is 3.28. The van der Waals surface area contributed by atoms with Crippen molar-refractivity contribution in [1.29, 1.82) is 0 Å². The number of thioether (sulfide) groups is 1. The molecule has 2 aliphatic rings. The van der Waals surface area contributed by atoms with E-state index in [1.54, 1.807) is 49.4 Å². The van der Waals surface area contributed by atoms with Crippen LogP contribution in [0.25, 0.3) is 6.08 Å². The lowest BCUT2D eigenvalue weighted by molar-refractivity contribution is -0.138. The molecule has 0 aliphatic carbocycles. The summed E-state index contributed by atoms with van der Waals surface area (Å²) in [5, 5.41) is 11.5. The molecule has 8 heteroatoms. The topological polar surface area (TPSA) is 77.4 Å². The summed E-state index contributed by atoms with van der Waals surface area (Å²) in [6.07, 6.45) is 1.75. The van der Waals surface area contributed by atoms with Crippen LogP contribution >= 0.6 is 23.4 Å². The zero-order valence-electron chi connectivity index (χ0n) is 15.3. The van der Waals surface area contributed by atoms with Crippen LogP contribution in [0.3, 0.4) is 0 Å². The highest BCUT2D eigenvalue weighted by atomic mass is 35.5. The smallest absolute Gasteiger partial charge is 0.344 e. The Kier molecular flexibility index (Phi) is 5.51. The molecule has 0 radical (unpaired) electrons. The first-order valence-electron chi connectivity index (χ1n) is 8.80. The van der Waals surface area contributed by atoms with Crippen LogP contribution in [0.2, 0.25) is 5.02 Å². The number of carbonyl (C=O) groups is 1. The van der Waals surface area contributed by atoms with Crippen molar-refractivity contribution in [2.45, 2.75) is 6.92 Å². The van der Waals surface area contributed by atoms with Gasteiger partial charge in [0.15, 0.2) is 11.5 Å². The molecule has 0 saturated heterocycles. The maximum atomic E-state index is 12.5. The summed E-state index contributed by atoms with van der Waals surface area (Å²) in [5.41, 5.74) is 1.30. The van der Waals surface area contributed by atoms with Crippen LogP contribution in [-0.4, -0.2) is 29.5 Å². The summed E-state index contributed by atoms with van der Waals surface area (Å²) in [5.74, 6) is 0.467. The van der Waals surface area contributed by atoms with Crippen molar-refractivity contribution in [2.24, 2.45) is 4.99 Å². The average molecular weight is 430 g/mol. The van der Waals surface area contributed by atoms with E-state index in [4.69, 9.17) is 25.8 Å². The van der Waals surface area contributed by atoms with Gasteiger partial charge in [0.25, 0.3) is 0 Å². The summed E-state index contributed by atoms with van der Waals surface area (Å²) in [4.78, 5) is 17.4. The number of halogens is 1. The Hall–Kier alpha value is -2.90. The lowest BCUT2D eigenvalue weighted by atomic mass is 10.1. The molecule has 6 nitrogen and oxygen atoms in total. The minimum Gasteiger partial charge on any atom is -0.506 e. The molecule has 0 saturated carbocycles. The van der Waals surface area contributed by atoms with Crippen LogP contribution in [0, 0.1) is 0 Å². The van der Waals surface area contributed by atoms with Crippen LogP contribution in [0.15, 0.2) is 63.7 Å². The molecule has 0 spiro atoms. The van der Waals surface area contributed by atoms with E-state index < -0.39 is 5.97 Å². The summed E-state index contributed by atoms with van der Waals surface area (Å²) in [6, 6.07) is 12.4. The van der Waals surface area contributed by atoms with Crippen molar-refractivity contribution in [2.75, 3.05) is 13.4 Å². The van der Waals surface area contributed by atoms with Crippen LogP contribution in [0.1, 0.15) is 12.5 Å². The van der Waals surface area contributed by atoms with Gasteiger partial charge in [-0.15, -0.1) is 0 Å². The van der Waals surface area contributed by atoms with Crippen LogP contribution < -0.4 is 9.47 Å². The van der Waals surface area contributed by atoms with Crippen LogP contribution in [0.4, 0.5) is 5.69 Å². The Bertz CT molecular complexity index is 1080. The number of benzene rings is 2. The predicted molar refractivity (Wildman–Crippen MR) is 113 cm³/mol. The molecule has 0 amide bonds. The summed E-state index contributed by atoms with van der Waals surface area (Å²) in [6.45, 7) is 2.06. The molecule has 2 aromatic rings. The number of aliphatic imine (C=N–C) groups is 1. The van der Waals surface area contributed by atoms with Crippen molar-refractivity contribution < 1.29 is 24.1 Å². The quantitative estimate of drug-likeness (QED) is 0.668. The van der Waals surface area contributed by atoms with Crippen LogP contribution in [-0.2, 0) is 9.53 Å². The number of rotatable bonds is 4. The first-order chi connectivity index (χ1) is 14.1. The minimum absolute atomic E-state index is 0.0174. The van der Waals surface area contributed by atoms with Gasteiger partial charge in [-0.25, -0.2) is 9.79 Å². The lowest BCUT2D eigenvalue weighted by Gasteiger charge is -2.04. The molecule has 2 aromatic carbocycles. The third-order valence-corrected chi connectivity index (χ3v) is 5.48. The van der Waals surface area contributed by atoms with Crippen molar-refractivity contribution in [3.05, 3.63) is 69.3 Å². The molecule has 0 unspecified atom stereocenters. The molecular weight excluding hydrogens is 414 g/mol. The molecule has 0 bridgehead atoms. The van der Waals surface area contributed by atoms with Gasteiger partial charge in [-0.3, -0.25) is 0 Å². The molecule has 0 fully saturated rings. The SMILES string of the molecule is CCOC(=O)C1=C(O)C(=Cc2ccc3c(c2)OCO3)SC1=Nc1ccccc1Cl. The highest BCUT2D eigenvalue weighted by molar-refractivity contribution is 8.18. The number of hydrogen-bond donors (Lipinski definition) is 1. The Labute approximate surface area is 176 Å². The van der Waals surface area contributed by atoms with E-state index in [0.717, 1.165) is 5.56 Å².